The van der Waals surface area contributed by atoms with Crippen LogP contribution in [0.5, 0.6) is 5.75 Å². The first kappa shape index (κ1) is 21.7. The minimum Gasteiger partial charge on any atom is -0.502 e. The van der Waals surface area contributed by atoms with Crippen molar-refractivity contribution in [3.63, 3.8) is 0 Å². The van der Waals surface area contributed by atoms with E-state index >= 15 is 0 Å². The molecule has 33 heavy (non-hydrogen) atoms. The van der Waals surface area contributed by atoms with Gasteiger partial charge in [-0.2, -0.15) is 0 Å². The molecule has 1 saturated heterocycles. The molecule has 0 aliphatic carbocycles. The molecule has 0 saturated carbocycles. The normalized spacial score (nSPS) is 18.4. The summed E-state index contributed by atoms with van der Waals surface area (Å²) in [6.07, 6.45) is 1.92. The first-order chi connectivity index (χ1) is 16.0. The van der Waals surface area contributed by atoms with Gasteiger partial charge in [-0.1, -0.05) is 0 Å². The maximum Gasteiger partial charge on any atom is 0.278 e. The van der Waals surface area contributed by atoms with Gasteiger partial charge in [0.1, 0.15) is 6.17 Å². The molecule has 170 valence electrons. The maximum absolute atomic E-state index is 13.8. The van der Waals surface area contributed by atoms with Gasteiger partial charge in [-0.3, -0.25) is 14.3 Å². The SMILES string of the molecule is Fc1cccc2c1Cc1ccccc1[Se]C2.O=C1c2c(O)c(=O)ccn2NC2COCCN12. The Kier molecular flexibility index (Phi) is 5.93. The molecule has 1 fully saturated rings. The summed E-state index contributed by atoms with van der Waals surface area (Å²) in [4.78, 5) is 25.0. The second-order valence-electron chi connectivity index (χ2n) is 7.92. The van der Waals surface area contributed by atoms with Crippen molar-refractivity contribution in [1.82, 2.24) is 9.58 Å². The monoisotopic (exact) mass is 515 g/mol. The van der Waals surface area contributed by atoms with E-state index in [0.717, 1.165) is 17.3 Å². The molecule has 2 N–H and O–H groups in total. The van der Waals surface area contributed by atoms with Gasteiger partial charge < -0.3 is 20.2 Å². The number of ether oxygens (including phenoxy) is 1. The summed E-state index contributed by atoms with van der Waals surface area (Å²) < 4.78 is 21.8. The summed E-state index contributed by atoms with van der Waals surface area (Å²) in [6, 6.07) is 15.1. The number of carbonyl (C=O) groups is 1. The number of halogens is 1. The number of hydrogen-bond donors (Lipinski definition) is 2. The van der Waals surface area contributed by atoms with Crippen molar-refractivity contribution in [2.75, 3.05) is 25.2 Å². The number of benzene rings is 2. The minimum absolute atomic E-state index is 0.0179. The van der Waals surface area contributed by atoms with E-state index in [4.69, 9.17) is 4.74 Å². The molecule has 1 amide bonds. The molecule has 3 aromatic rings. The van der Waals surface area contributed by atoms with Crippen LogP contribution in [0.3, 0.4) is 0 Å². The molecule has 0 bridgehead atoms. The predicted molar refractivity (Wildman–Crippen MR) is 122 cm³/mol. The number of hydrogen-bond acceptors (Lipinski definition) is 5. The Morgan fingerprint density at radius 2 is 1.91 bits per heavy atom. The fourth-order valence-electron chi connectivity index (χ4n) is 4.16. The van der Waals surface area contributed by atoms with Crippen molar-refractivity contribution >= 4 is 25.3 Å². The van der Waals surface area contributed by atoms with Crippen LogP contribution < -0.4 is 15.3 Å². The molecule has 6 rings (SSSR count). The van der Waals surface area contributed by atoms with Crippen LogP contribution in [0.25, 0.3) is 0 Å². The summed E-state index contributed by atoms with van der Waals surface area (Å²) in [5.41, 5.74) is 5.81. The molecule has 9 heteroatoms. The first-order valence-corrected chi connectivity index (χ1v) is 12.7. The van der Waals surface area contributed by atoms with Crippen LogP contribution >= 0.6 is 0 Å². The fraction of sp³-hybridized carbons (Fsp3) is 0.250. The third-order valence-electron chi connectivity index (χ3n) is 5.89. The predicted octanol–water partition coefficient (Wildman–Crippen LogP) is 1.17. The molecule has 7 nitrogen and oxygen atoms in total. The average molecular weight is 514 g/mol. The molecule has 1 unspecified atom stereocenters. The molecular weight excluding hydrogens is 492 g/mol. The van der Waals surface area contributed by atoms with Crippen LogP contribution in [0.4, 0.5) is 4.39 Å². The van der Waals surface area contributed by atoms with Crippen molar-refractivity contribution in [1.29, 1.82) is 0 Å². The zero-order chi connectivity index (χ0) is 22.9. The third kappa shape index (κ3) is 4.15. The summed E-state index contributed by atoms with van der Waals surface area (Å²) in [5.74, 6) is -0.924. The molecule has 2 aromatic carbocycles. The van der Waals surface area contributed by atoms with Gasteiger partial charge in [0.05, 0.1) is 13.2 Å². The van der Waals surface area contributed by atoms with E-state index in [2.05, 4.69) is 29.7 Å². The van der Waals surface area contributed by atoms with E-state index in [1.165, 1.54) is 32.5 Å². The van der Waals surface area contributed by atoms with Gasteiger partial charge in [-0.15, -0.1) is 0 Å². The summed E-state index contributed by atoms with van der Waals surface area (Å²) in [7, 11) is 0. The Balaban J connectivity index is 0.000000139. The number of fused-ring (bicyclic) bond motifs is 4. The quantitative estimate of drug-likeness (QED) is 0.441. The molecule has 0 spiro atoms. The minimum atomic E-state index is -0.557. The number of morpholine rings is 1. The van der Waals surface area contributed by atoms with Gasteiger partial charge in [0.15, 0.2) is 11.4 Å². The van der Waals surface area contributed by atoms with E-state index < -0.39 is 11.2 Å². The van der Waals surface area contributed by atoms with Crippen molar-refractivity contribution in [3.05, 3.63) is 93.2 Å². The van der Waals surface area contributed by atoms with Gasteiger partial charge in [0.2, 0.25) is 5.43 Å². The number of aromatic hydroxyl groups is 1. The fourth-order valence-corrected chi connectivity index (χ4v) is 6.43. The van der Waals surface area contributed by atoms with Crippen molar-refractivity contribution in [2.24, 2.45) is 0 Å². The van der Waals surface area contributed by atoms with Crippen molar-refractivity contribution in [2.45, 2.75) is 17.9 Å². The van der Waals surface area contributed by atoms with E-state index in [1.54, 1.807) is 11.0 Å². The van der Waals surface area contributed by atoms with E-state index in [1.807, 2.05) is 12.1 Å². The summed E-state index contributed by atoms with van der Waals surface area (Å²) in [6.45, 7) is 1.29. The Hall–Kier alpha value is -3.13. The van der Waals surface area contributed by atoms with Gasteiger partial charge in [-0.05, 0) is 0 Å². The number of nitrogens with one attached hydrogen (secondary N) is 1. The van der Waals surface area contributed by atoms with Crippen LogP contribution in [-0.2, 0) is 16.5 Å². The smallest absolute Gasteiger partial charge is 0.278 e. The van der Waals surface area contributed by atoms with Crippen LogP contribution in [0, 0.1) is 5.82 Å². The number of nitrogens with zero attached hydrogens (tertiary/aromatic N) is 2. The van der Waals surface area contributed by atoms with Gasteiger partial charge in [0, 0.05) is 18.8 Å². The zero-order valence-corrected chi connectivity index (χ0v) is 19.4. The number of rotatable bonds is 0. The van der Waals surface area contributed by atoms with Gasteiger partial charge >= 0.3 is 101 Å². The number of pyridine rings is 1. The van der Waals surface area contributed by atoms with Crippen LogP contribution in [0.15, 0.2) is 59.5 Å². The summed E-state index contributed by atoms with van der Waals surface area (Å²) in [5, 5.41) is 10.7. The Labute approximate surface area is 195 Å². The maximum atomic E-state index is 13.8. The molecule has 0 radical (unpaired) electrons. The molecule has 3 aliphatic heterocycles. The van der Waals surface area contributed by atoms with Gasteiger partial charge in [0.25, 0.3) is 5.91 Å². The molecular formula is C24H22FN3O4Se. The van der Waals surface area contributed by atoms with E-state index in [9.17, 15) is 19.1 Å². The van der Waals surface area contributed by atoms with Crippen molar-refractivity contribution < 1.29 is 19.0 Å². The Morgan fingerprint density at radius 1 is 1.09 bits per heavy atom. The van der Waals surface area contributed by atoms with Crippen molar-refractivity contribution in [3.8, 4) is 5.75 Å². The van der Waals surface area contributed by atoms with Crippen LogP contribution in [0.1, 0.15) is 27.2 Å². The van der Waals surface area contributed by atoms with Crippen LogP contribution in [-0.4, -0.2) is 61.5 Å². The van der Waals surface area contributed by atoms with Crippen LogP contribution in [0.2, 0.25) is 0 Å². The van der Waals surface area contributed by atoms with E-state index in [-0.39, 0.29) is 23.6 Å². The largest absolute Gasteiger partial charge is 0.502 e. The molecule has 1 aromatic heterocycles. The summed E-state index contributed by atoms with van der Waals surface area (Å²) >= 11 is 0.440. The van der Waals surface area contributed by atoms with Gasteiger partial charge in [-0.25, -0.2) is 0 Å². The molecule has 3 aliphatic rings. The Bertz CT molecular complexity index is 1280. The molecule has 1 atom stereocenters. The zero-order valence-electron chi connectivity index (χ0n) is 17.7. The second kappa shape index (κ2) is 9.02. The topological polar surface area (TPSA) is 83.8 Å². The Morgan fingerprint density at radius 3 is 2.79 bits per heavy atom. The number of carbonyl (C=O) groups excluding carboxylic acids is 1. The first-order valence-electron chi connectivity index (χ1n) is 10.6. The number of amides is 1. The number of aromatic nitrogens is 1. The second-order valence-corrected chi connectivity index (χ2v) is 10.1. The third-order valence-corrected chi connectivity index (χ3v) is 8.34. The van der Waals surface area contributed by atoms with E-state index in [0.29, 0.717) is 34.7 Å². The average Bonchev–Trinajstić information content (AvgIpc) is 3.03. The standard InChI is InChI=1S/C14H11FSe.C10H11N3O4/c15-13-6-3-5-11-9-16-14-7-2-1-4-10(14)8-12(11)13;14-6-1-2-13-8(9(6)15)10(16)12-3-4-17-5-7(12)11-13/h1-7H,8-9H2;1-2,7,11,15H,3-5H2. The molecule has 4 heterocycles.